The molecule has 1 saturated heterocycles. The molecule has 2 atom stereocenters. The van der Waals surface area contributed by atoms with Gasteiger partial charge in [0.1, 0.15) is 12.1 Å². The lowest BCUT2D eigenvalue weighted by Gasteiger charge is -2.01. The van der Waals surface area contributed by atoms with E-state index in [-0.39, 0.29) is 30.5 Å². The lowest BCUT2D eigenvalue weighted by Crippen LogP contribution is -2.24. The molecule has 1 aliphatic rings. The summed E-state index contributed by atoms with van der Waals surface area (Å²) >= 11 is 0. The first-order chi connectivity index (χ1) is 4.24. The van der Waals surface area contributed by atoms with Crippen molar-refractivity contribution in [3.63, 3.8) is 0 Å². The number of ether oxygens (including phenoxy) is 1. The Bertz CT molecular complexity index is 129. The Balaban J connectivity index is 0.000000810. The van der Waals surface area contributed by atoms with Crippen LogP contribution in [0.4, 0.5) is 0 Å². The maximum absolute atomic E-state index is 10.6. The van der Waals surface area contributed by atoms with Crippen molar-refractivity contribution < 1.29 is 9.53 Å². The van der Waals surface area contributed by atoms with E-state index in [2.05, 4.69) is 0 Å². The number of carbonyl (C=O) groups excluding carboxylic acids is 1. The molecule has 0 bridgehead atoms. The summed E-state index contributed by atoms with van der Waals surface area (Å²) in [6, 6.07) is -0.366. The molecule has 0 amide bonds. The number of hydrogen-bond donors (Lipinski definition) is 1. The van der Waals surface area contributed by atoms with Gasteiger partial charge in [-0.1, -0.05) is 6.92 Å². The fraction of sp³-hybridized carbons (Fsp3) is 0.833. The van der Waals surface area contributed by atoms with E-state index in [9.17, 15) is 4.79 Å². The molecule has 4 heteroatoms. The first-order valence-corrected chi connectivity index (χ1v) is 3.20. The molecule has 0 aromatic heterocycles. The van der Waals surface area contributed by atoms with Gasteiger partial charge in [-0.15, -0.1) is 12.4 Å². The number of carbonyl (C=O) groups is 1. The topological polar surface area (TPSA) is 52.3 Å². The van der Waals surface area contributed by atoms with Crippen LogP contribution in [0.3, 0.4) is 0 Å². The van der Waals surface area contributed by atoms with Gasteiger partial charge in [-0.25, -0.2) is 0 Å². The van der Waals surface area contributed by atoms with Gasteiger partial charge in [0.25, 0.3) is 0 Å². The van der Waals surface area contributed by atoms with Crippen molar-refractivity contribution in [3.8, 4) is 0 Å². The van der Waals surface area contributed by atoms with Crippen LogP contribution in [0.15, 0.2) is 0 Å². The van der Waals surface area contributed by atoms with Gasteiger partial charge < -0.3 is 10.5 Å². The summed E-state index contributed by atoms with van der Waals surface area (Å²) in [6.07, 6.45) is 1.64. The van der Waals surface area contributed by atoms with Gasteiger partial charge in [-0.05, 0) is 6.42 Å². The Labute approximate surface area is 66.3 Å². The summed E-state index contributed by atoms with van der Waals surface area (Å²) in [5.41, 5.74) is 5.37. The maximum atomic E-state index is 10.6. The Morgan fingerprint density at radius 1 is 1.80 bits per heavy atom. The van der Waals surface area contributed by atoms with Crippen molar-refractivity contribution in [3.05, 3.63) is 0 Å². The minimum Gasteiger partial charge on any atom is -0.461 e. The van der Waals surface area contributed by atoms with E-state index in [1.165, 1.54) is 0 Å². The predicted molar refractivity (Wildman–Crippen MR) is 40.0 cm³/mol. The molecule has 0 aromatic rings. The third-order valence-corrected chi connectivity index (χ3v) is 1.56. The molecule has 0 saturated carbocycles. The Morgan fingerprint density at radius 3 is 2.60 bits per heavy atom. The SMILES string of the molecule is CCC1C[C@H](N)C(=O)O1.Cl. The Morgan fingerprint density at radius 2 is 2.40 bits per heavy atom. The number of esters is 1. The van der Waals surface area contributed by atoms with Crippen LogP contribution < -0.4 is 5.73 Å². The van der Waals surface area contributed by atoms with E-state index >= 15 is 0 Å². The van der Waals surface area contributed by atoms with Crippen LogP contribution >= 0.6 is 12.4 Å². The molecular weight excluding hydrogens is 154 g/mol. The highest BCUT2D eigenvalue weighted by molar-refractivity contribution is 5.85. The number of nitrogens with two attached hydrogens (primary N) is 1. The van der Waals surface area contributed by atoms with E-state index in [1.54, 1.807) is 0 Å². The number of hydrogen-bond acceptors (Lipinski definition) is 3. The molecule has 0 radical (unpaired) electrons. The monoisotopic (exact) mass is 165 g/mol. The second-order valence-electron chi connectivity index (χ2n) is 2.31. The zero-order valence-corrected chi connectivity index (χ0v) is 6.69. The second kappa shape index (κ2) is 3.78. The van der Waals surface area contributed by atoms with Gasteiger partial charge in [0.2, 0.25) is 0 Å². The van der Waals surface area contributed by atoms with E-state index in [0.29, 0.717) is 6.42 Å². The van der Waals surface area contributed by atoms with E-state index in [4.69, 9.17) is 10.5 Å². The van der Waals surface area contributed by atoms with Gasteiger partial charge >= 0.3 is 5.97 Å². The number of cyclic esters (lactones) is 1. The minimum absolute atomic E-state index is 0. The molecule has 1 rings (SSSR count). The third kappa shape index (κ3) is 1.85. The summed E-state index contributed by atoms with van der Waals surface area (Å²) in [7, 11) is 0. The Kier molecular flexibility index (Phi) is 3.68. The highest BCUT2D eigenvalue weighted by Gasteiger charge is 2.29. The third-order valence-electron chi connectivity index (χ3n) is 1.56. The largest absolute Gasteiger partial charge is 0.461 e. The van der Waals surface area contributed by atoms with Crippen LogP contribution in [0, 0.1) is 0 Å². The first kappa shape index (κ1) is 9.72. The van der Waals surface area contributed by atoms with Crippen LogP contribution in [-0.2, 0) is 9.53 Å². The Hall–Kier alpha value is -0.280. The van der Waals surface area contributed by atoms with Gasteiger partial charge in [-0.2, -0.15) is 0 Å². The van der Waals surface area contributed by atoms with Gasteiger partial charge in [-0.3, -0.25) is 4.79 Å². The van der Waals surface area contributed by atoms with Crippen molar-refractivity contribution >= 4 is 18.4 Å². The molecule has 60 valence electrons. The maximum Gasteiger partial charge on any atom is 0.323 e. The average Bonchev–Trinajstić information content (AvgIpc) is 2.13. The molecule has 2 N–H and O–H groups in total. The summed E-state index contributed by atoms with van der Waals surface area (Å²) in [6.45, 7) is 1.98. The molecule has 1 unspecified atom stereocenters. The summed E-state index contributed by atoms with van der Waals surface area (Å²) in [5, 5.41) is 0. The van der Waals surface area contributed by atoms with E-state index in [1.807, 2.05) is 6.92 Å². The smallest absolute Gasteiger partial charge is 0.323 e. The lowest BCUT2D eigenvalue weighted by molar-refractivity contribution is -0.142. The van der Waals surface area contributed by atoms with Crippen molar-refractivity contribution in [1.29, 1.82) is 0 Å². The highest BCUT2D eigenvalue weighted by Crippen LogP contribution is 2.14. The van der Waals surface area contributed by atoms with Crippen LogP contribution in [0.5, 0.6) is 0 Å². The summed E-state index contributed by atoms with van der Waals surface area (Å²) in [4.78, 5) is 10.6. The molecule has 1 fully saturated rings. The van der Waals surface area contributed by atoms with E-state index in [0.717, 1.165) is 6.42 Å². The van der Waals surface area contributed by atoms with Crippen LogP contribution in [0.1, 0.15) is 19.8 Å². The second-order valence-corrected chi connectivity index (χ2v) is 2.31. The fourth-order valence-corrected chi connectivity index (χ4v) is 0.929. The van der Waals surface area contributed by atoms with Crippen molar-refractivity contribution in [2.45, 2.75) is 31.9 Å². The van der Waals surface area contributed by atoms with Crippen molar-refractivity contribution in [1.82, 2.24) is 0 Å². The average molecular weight is 166 g/mol. The zero-order valence-electron chi connectivity index (χ0n) is 5.87. The molecular formula is C6H12ClNO2. The molecule has 1 aliphatic heterocycles. The van der Waals surface area contributed by atoms with Gasteiger partial charge in [0, 0.05) is 6.42 Å². The first-order valence-electron chi connectivity index (χ1n) is 3.20. The summed E-state index contributed by atoms with van der Waals surface area (Å²) in [5.74, 6) is -0.248. The molecule has 0 spiro atoms. The lowest BCUT2D eigenvalue weighted by atomic mass is 10.1. The van der Waals surface area contributed by atoms with Crippen molar-refractivity contribution in [2.24, 2.45) is 5.73 Å². The molecule has 0 aromatic carbocycles. The molecule has 3 nitrogen and oxygen atoms in total. The molecule has 1 heterocycles. The predicted octanol–water partition coefficient (Wildman–Crippen LogP) is 0.461. The normalized spacial score (nSPS) is 31.2. The molecule has 10 heavy (non-hydrogen) atoms. The van der Waals surface area contributed by atoms with E-state index < -0.39 is 0 Å². The van der Waals surface area contributed by atoms with Gasteiger partial charge in [0.05, 0.1) is 0 Å². The van der Waals surface area contributed by atoms with Crippen molar-refractivity contribution in [2.75, 3.05) is 0 Å². The van der Waals surface area contributed by atoms with Gasteiger partial charge in [0.15, 0.2) is 0 Å². The molecule has 0 aliphatic carbocycles. The zero-order chi connectivity index (χ0) is 6.85. The number of rotatable bonds is 1. The quantitative estimate of drug-likeness (QED) is 0.575. The van der Waals surface area contributed by atoms with Crippen LogP contribution in [-0.4, -0.2) is 18.1 Å². The number of halogens is 1. The summed E-state index contributed by atoms with van der Waals surface area (Å²) < 4.78 is 4.86. The highest BCUT2D eigenvalue weighted by atomic mass is 35.5. The minimum atomic E-state index is -0.366. The van der Waals surface area contributed by atoms with Crippen LogP contribution in [0.2, 0.25) is 0 Å². The standard InChI is InChI=1S/C6H11NO2.ClH/c1-2-4-3-5(7)6(8)9-4;/h4-5H,2-3,7H2,1H3;1H/t4?,5-;/m0./s1. The fourth-order valence-electron chi connectivity index (χ4n) is 0.929. The van der Waals surface area contributed by atoms with Crippen LogP contribution in [0.25, 0.3) is 0 Å².